The van der Waals surface area contributed by atoms with E-state index >= 15 is 0 Å². The van der Waals surface area contributed by atoms with Crippen molar-refractivity contribution in [2.24, 2.45) is 16.8 Å². The molecule has 0 radical (unpaired) electrons. The first-order valence-electron chi connectivity index (χ1n) is 4.09. The number of carboxylic acid groups (broad SMARTS) is 1. The standard InChI is InChI=1S/C8H14N2O4/c1-4(8(12)13)6(3)14-10-5(2)7(9)11/h4,6H,1-3H3,(H2,9,11)(H,12,13)/b10-5-. The predicted octanol–water partition coefficient (Wildman–Crippen LogP) is -0.0266. The van der Waals surface area contributed by atoms with E-state index in [2.05, 4.69) is 5.16 Å². The molecule has 0 saturated heterocycles. The molecule has 0 saturated carbocycles. The van der Waals surface area contributed by atoms with E-state index in [0.29, 0.717) is 0 Å². The number of amides is 1. The van der Waals surface area contributed by atoms with Gasteiger partial charge in [-0.1, -0.05) is 5.16 Å². The maximum atomic E-state index is 10.5. The van der Waals surface area contributed by atoms with Gasteiger partial charge >= 0.3 is 5.97 Å². The Hall–Kier alpha value is -1.59. The van der Waals surface area contributed by atoms with E-state index < -0.39 is 23.9 Å². The summed E-state index contributed by atoms with van der Waals surface area (Å²) < 4.78 is 0. The van der Waals surface area contributed by atoms with Gasteiger partial charge in [0, 0.05) is 0 Å². The minimum absolute atomic E-state index is 0.00874. The fourth-order valence-electron chi connectivity index (χ4n) is 0.499. The van der Waals surface area contributed by atoms with E-state index in [1.807, 2.05) is 0 Å². The van der Waals surface area contributed by atoms with Crippen molar-refractivity contribution in [3.05, 3.63) is 0 Å². The molecule has 0 aliphatic heterocycles. The molecule has 0 fully saturated rings. The van der Waals surface area contributed by atoms with Crippen molar-refractivity contribution < 1.29 is 19.5 Å². The Labute approximate surface area is 81.7 Å². The van der Waals surface area contributed by atoms with Gasteiger partial charge in [0.05, 0.1) is 5.92 Å². The van der Waals surface area contributed by atoms with Crippen LogP contribution < -0.4 is 5.73 Å². The fourth-order valence-corrected chi connectivity index (χ4v) is 0.499. The maximum Gasteiger partial charge on any atom is 0.310 e. The fraction of sp³-hybridized carbons (Fsp3) is 0.625. The van der Waals surface area contributed by atoms with Crippen LogP contribution in [0.15, 0.2) is 5.16 Å². The van der Waals surface area contributed by atoms with Gasteiger partial charge in [0.1, 0.15) is 11.8 Å². The smallest absolute Gasteiger partial charge is 0.310 e. The van der Waals surface area contributed by atoms with Gasteiger partial charge < -0.3 is 15.7 Å². The van der Waals surface area contributed by atoms with Crippen molar-refractivity contribution in [3.63, 3.8) is 0 Å². The Morgan fingerprint density at radius 2 is 1.93 bits per heavy atom. The maximum absolute atomic E-state index is 10.5. The number of carbonyl (C=O) groups is 2. The van der Waals surface area contributed by atoms with E-state index in [0.717, 1.165) is 0 Å². The van der Waals surface area contributed by atoms with Crippen molar-refractivity contribution in [1.82, 2.24) is 0 Å². The molecule has 0 aliphatic rings. The van der Waals surface area contributed by atoms with Crippen molar-refractivity contribution in [2.45, 2.75) is 26.9 Å². The van der Waals surface area contributed by atoms with Crippen molar-refractivity contribution in [2.75, 3.05) is 0 Å². The summed E-state index contributed by atoms with van der Waals surface area (Å²) in [5.41, 5.74) is 4.90. The molecule has 0 bridgehead atoms. The van der Waals surface area contributed by atoms with Crippen molar-refractivity contribution in [1.29, 1.82) is 0 Å². The molecule has 2 atom stereocenters. The van der Waals surface area contributed by atoms with Crippen molar-refractivity contribution >= 4 is 17.6 Å². The molecule has 2 unspecified atom stereocenters. The Bertz CT molecular complexity index is 262. The molecule has 6 heteroatoms. The predicted molar refractivity (Wildman–Crippen MR) is 49.7 cm³/mol. The van der Waals surface area contributed by atoms with E-state index in [1.54, 1.807) is 6.92 Å². The third kappa shape index (κ3) is 3.88. The highest BCUT2D eigenvalue weighted by Gasteiger charge is 2.20. The van der Waals surface area contributed by atoms with E-state index in [4.69, 9.17) is 15.7 Å². The molecule has 0 spiro atoms. The summed E-state index contributed by atoms with van der Waals surface area (Å²) >= 11 is 0. The third-order valence-corrected chi connectivity index (χ3v) is 1.81. The summed E-state index contributed by atoms with van der Waals surface area (Å²) in [6, 6.07) is 0. The molecule has 0 heterocycles. The van der Waals surface area contributed by atoms with Crippen molar-refractivity contribution in [3.8, 4) is 0 Å². The molecule has 0 aliphatic carbocycles. The summed E-state index contributed by atoms with van der Waals surface area (Å²) in [5.74, 6) is -2.37. The van der Waals surface area contributed by atoms with Gasteiger partial charge in [-0.15, -0.1) is 0 Å². The molecule has 0 rings (SSSR count). The average molecular weight is 202 g/mol. The minimum Gasteiger partial charge on any atom is -0.481 e. The second kappa shape index (κ2) is 5.21. The van der Waals surface area contributed by atoms with Crippen LogP contribution in [-0.2, 0) is 14.4 Å². The summed E-state index contributed by atoms with van der Waals surface area (Å²) in [6.07, 6.45) is -0.609. The zero-order valence-corrected chi connectivity index (χ0v) is 8.35. The SMILES string of the molecule is C/C(=N/OC(C)C(C)C(=O)O)C(N)=O. The number of aliphatic carboxylic acids is 1. The molecule has 3 N–H and O–H groups in total. The van der Waals surface area contributed by atoms with Gasteiger partial charge in [-0.2, -0.15) is 0 Å². The number of oxime groups is 1. The molecule has 0 aromatic rings. The monoisotopic (exact) mass is 202 g/mol. The summed E-state index contributed by atoms with van der Waals surface area (Å²) in [6.45, 7) is 4.43. The second-order valence-electron chi connectivity index (χ2n) is 2.98. The van der Waals surface area contributed by atoms with Gasteiger partial charge in [-0.05, 0) is 20.8 Å². The number of hydrogen-bond donors (Lipinski definition) is 2. The number of carbonyl (C=O) groups excluding carboxylic acids is 1. The van der Waals surface area contributed by atoms with Crippen LogP contribution in [0.2, 0.25) is 0 Å². The number of hydrogen-bond acceptors (Lipinski definition) is 4. The van der Waals surface area contributed by atoms with Crippen LogP contribution in [0, 0.1) is 5.92 Å². The van der Waals surface area contributed by atoms with Crippen LogP contribution >= 0.6 is 0 Å². The second-order valence-corrected chi connectivity index (χ2v) is 2.98. The summed E-state index contributed by atoms with van der Waals surface area (Å²) in [5, 5.41) is 12.0. The normalized spacial score (nSPS) is 15.8. The lowest BCUT2D eigenvalue weighted by molar-refractivity contribution is -0.146. The average Bonchev–Trinajstić information content (AvgIpc) is 2.11. The van der Waals surface area contributed by atoms with Crippen LogP contribution in [0.25, 0.3) is 0 Å². The van der Waals surface area contributed by atoms with E-state index in [-0.39, 0.29) is 5.71 Å². The van der Waals surface area contributed by atoms with E-state index in [1.165, 1.54) is 13.8 Å². The van der Waals surface area contributed by atoms with Gasteiger partial charge in [-0.25, -0.2) is 0 Å². The lowest BCUT2D eigenvalue weighted by atomic mass is 10.1. The Morgan fingerprint density at radius 1 is 1.43 bits per heavy atom. The summed E-state index contributed by atoms with van der Waals surface area (Å²) in [7, 11) is 0. The van der Waals surface area contributed by atoms with E-state index in [9.17, 15) is 9.59 Å². The zero-order valence-electron chi connectivity index (χ0n) is 8.35. The Kier molecular flexibility index (Phi) is 4.62. The van der Waals surface area contributed by atoms with Gasteiger partial charge in [0.15, 0.2) is 0 Å². The molecule has 0 aromatic carbocycles. The number of nitrogens with zero attached hydrogens (tertiary/aromatic N) is 1. The molecule has 0 aromatic heterocycles. The van der Waals surface area contributed by atoms with Gasteiger partial charge in [0.25, 0.3) is 5.91 Å². The lowest BCUT2D eigenvalue weighted by Gasteiger charge is -2.13. The van der Waals surface area contributed by atoms with Gasteiger partial charge in [0.2, 0.25) is 0 Å². The lowest BCUT2D eigenvalue weighted by Crippen LogP contribution is -2.26. The van der Waals surface area contributed by atoms with Crippen LogP contribution in [0.3, 0.4) is 0 Å². The first-order valence-corrected chi connectivity index (χ1v) is 4.09. The Balaban J connectivity index is 4.20. The van der Waals surface area contributed by atoms with Gasteiger partial charge in [-0.3, -0.25) is 9.59 Å². The molecular formula is C8H14N2O4. The topological polar surface area (TPSA) is 102 Å². The quantitative estimate of drug-likeness (QED) is 0.482. The van der Waals surface area contributed by atoms with Crippen LogP contribution in [-0.4, -0.2) is 28.8 Å². The highest BCUT2D eigenvalue weighted by molar-refractivity contribution is 6.37. The van der Waals surface area contributed by atoms with Crippen LogP contribution in [0.4, 0.5) is 0 Å². The first-order chi connectivity index (χ1) is 6.36. The third-order valence-electron chi connectivity index (χ3n) is 1.81. The number of carboxylic acids is 1. The summed E-state index contributed by atoms with van der Waals surface area (Å²) in [4.78, 5) is 25.8. The number of primary amides is 1. The molecule has 6 nitrogen and oxygen atoms in total. The molecular weight excluding hydrogens is 188 g/mol. The highest BCUT2D eigenvalue weighted by atomic mass is 16.6. The Morgan fingerprint density at radius 3 is 2.29 bits per heavy atom. The number of nitrogens with two attached hydrogens (primary N) is 1. The minimum atomic E-state index is -0.982. The van der Waals surface area contributed by atoms with Crippen LogP contribution in [0.1, 0.15) is 20.8 Å². The molecule has 80 valence electrons. The first kappa shape index (κ1) is 12.4. The largest absolute Gasteiger partial charge is 0.481 e. The van der Waals surface area contributed by atoms with Crippen LogP contribution in [0.5, 0.6) is 0 Å². The molecule has 14 heavy (non-hydrogen) atoms. The highest BCUT2D eigenvalue weighted by Crippen LogP contribution is 2.07. The number of rotatable bonds is 5. The zero-order chi connectivity index (χ0) is 11.3. The molecule has 1 amide bonds.